The van der Waals surface area contributed by atoms with Gasteiger partial charge in [-0.1, -0.05) is 11.6 Å². The number of rotatable bonds is 2. The first-order chi connectivity index (χ1) is 9.54. The molecule has 0 saturated heterocycles. The number of halogens is 2. The van der Waals surface area contributed by atoms with Crippen LogP contribution in [0.4, 0.5) is 10.1 Å². The number of nitrogens with zero attached hydrogens (tertiary/aromatic N) is 2. The second-order valence-electron chi connectivity index (χ2n) is 4.05. The summed E-state index contributed by atoms with van der Waals surface area (Å²) in [6, 6.07) is 7.91. The Bertz CT molecular complexity index is 832. The van der Waals surface area contributed by atoms with Gasteiger partial charge in [0.05, 0.1) is 15.5 Å². The van der Waals surface area contributed by atoms with Crippen LogP contribution in [-0.2, 0) is 0 Å². The Balaban J connectivity index is 2.15. The van der Waals surface area contributed by atoms with E-state index in [-0.39, 0.29) is 16.6 Å². The van der Waals surface area contributed by atoms with Crippen LogP contribution in [0.5, 0.6) is 0 Å². The first kappa shape index (κ1) is 12.6. The fourth-order valence-electron chi connectivity index (χ4n) is 1.81. The van der Waals surface area contributed by atoms with E-state index in [1.165, 1.54) is 30.3 Å². The first-order valence-corrected chi connectivity index (χ1v) is 5.93. The molecule has 0 aliphatic rings. The van der Waals surface area contributed by atoms with Crippen molar-refractivity contribution in [2.45, 2.75) is 0 Å². The predicted molar refractivity (Wildman–Crippen MR) is 71.1 cm³/mol. The number of oxazole rings is 1. The van der Waals surface area contributed by atoms with Gasteiger partial charge in [-0.05, 0) is 24.3 Å². The Morgan fingerprint density at radius 3 is 2.75 bits per heavy atom. The fraction of sp³-hybridized carbons (Fsp3) is 0. The van der Waals surface area contributed by atoms with Crippen molar-refractivity contribution < 1.29 is 13.7 Å². The number of nitro groups is 1. The number of hydrogen-bond acceptors (Lipinski definition) is 4. The molecule has 0 amide bonds. The summed E-state index contributed by atoms with van der Waals surface area (Å²) < 4.78 is 18.5. The van der Waals surface area contributed by atoms with Gasteiger partial charge in [0.2, 0.25) is 5.89 Å². The number of fused-ring (bicyclic) bond motifs is 1. The van der Waals surface area contributed by atoms with Gasteiger partial charge in [-0.2, -0.15) is 0 Å². The highest BCUT2D eigenvalue weighted by molar-refractivity contribution is 6.33. The van der Waals surface area contributed by atoms with Gasteiger partial charge in [0.15, 0.2) is 5.58 Å². The van der Waals surface area contributed by atoms with Crippen LogP contribution in [0.15, 0.2) is 40.8 Å². The van der Waals surface area contributed by atoms with E-state index < -0.39 is 10.7 Å². The highest BCUT2D eigenvalue weighted by atomic mass is 35.5. The summed E-state index contributed by atoms with van der Waals surface area (Å²) in [7, 11) is 0. The van der Waals surface area contributed by atoms with Gasteiger partial charge in [0.1, 0.15) is 11.3 Å². The number of non-ortho nitro benzene ring substituents is 1. The van der Waals surface area contributed by atoms with E-state index >= 15 is 0 Å². The first-order valence-electron chi connectivity index (χ1n) is 5.55. The van der Waals surface area contributed by atoms with Crippen LogP contribution in [0.2, 0.25) is 5.02 Å². The lowest BCUT2D eigenvalue weighted by Crippen LogP contribution is -1.86. The van der Waals surface area contributed by atoms with Crippen molar-refractivity contribution in [1.82, 2.24) is 4.98 Å². The molecule has 1 heterocycles. The number of benzene rings is 2. The molecule has 0 atom stereocenters. The molecule has 3 rings (SSSR count). The maximum atomic E-state index is 13.0. The molecule has 0 unspecified atom stereocenters. The number of nitro benzene ring substituents is 1. The van der Waals surface area contributed by atoms with Crippen LogP contribution in [0.3, 0.4) is 0 Å². The molecule has 0 saturated carbocycles. The Labute approximate surface area is 116 Å². The average molecular weight is 293 g/mol. The summed E-state index contributed by atoms with van der Waals surface area (Å²) in [4.78, 5) is 14.3. The Hall–Kier alpha value is -2.47. The van der Waals surface area contributed by atoms with Gasteiger partial charge in [-0.25, -0.2) is 9.37 Å². The lowest BCUT2D eigenvalue weighted by atomic mass is 10.2. The van der Waals surface area contributed by atoms with Crippen LogP contribution >= 0.6 is 11.6 Å². The molecule has 2 aromatic carbocycles. The van der Waals surface area contributed by atoms with E-state index in [4.69, 9.17) is 16.0 Å². The van der Waals surface area contributed by atoms with Gasteiger partial charge in [-0.3, -0.25) is 10.1 Å². The van der Waals surface area contributed by atoms with Crippen LogP contribution in [0.25, 0.3) is 22.6 Å². The molecule has 3 aromatic rings. The van der Waals surface area contributed by atoms with Crippen LogP contribution in [0, 0.1) is 15.9 Å². The van der Waals surface area contributed by atoms with E-state index in [0.717, 1.165) is 6.07 Å². The molecule has 1 aromatic heterocycles. The Kier molecular flexibility index (Phi) is 2.87. The Morgan fingerprint density at radius 2 is 2.05 bits per heavy atom. The lowest BCUT2D eigenvalue weighted by molar-refractivity contribution is -0.384. The second-order valence-corrected chi connectivity index (χ2v) is 4.46. The third kappa shape index (κ3) is 2.10. The minimum absolute atomic E-state index is 0.0810. The minimum atomic E-state index is -0.515. The van der Waals surface area contributed by atoms with E-state index in [0.29, 0.717) is 16.7 Å². The molecule has 5 nitrogen and oxygen atoms in total. The maximum absolute atomic E-state index is 13.0. The zero-order valence-corrected chi connectivity index (χ0v) is 10.6. The second kappa shape index (κ2) is 4.57. The molecule has 20 heavy (non-hydrogen) atoms. The molecule has 0 aliphatic heterocycles. The van der Waals surface area contributed by atoms with Gasteiger partial charge in [0, 0.05) is 12.1 Å². The normalized spacial score (nSPS) is 10.9. The standard InChI is InChI=1S/C13H6ClFN2O3/c14-10-5-7(15)1-3-9(10)13-16-11-6-8(17(18)19)2-4-12(11)20-13/h1-6H. The molecule has 0 bridgehead atoms. The molecule has 0 spiro atoms. The summed E-state index contributed by atoms with van der Waals surface area (Å²) in [5.41, 5.74) is 1.08. The lowest BCUT2D eigenvalue weighted by Gasteiger charge is -1.98. The summed E-state index contributed by atoms with van der Waals surface area (Å²) in [5.74, 6) is -0.281. The van der Waals surface area contributed by atoms with E-state index in [1.807, 2.05) is 0 Å². The van der Waals surface area contributed by atoms with Crippen molar-refractivity contribution in [3.63, 3.8) is 0 Å². The third-order valence-electron chi connectivity index (χ3n) is 2.74. The summed E-state index contributed by atoms with van der Waals surface area (Å²) in [6.07, 6.45) is 0. The smallest absolute Gasteiger partial charge is 0.271 e. The van der Waals surface area contributed by atoms with Gasteiger partial charge in [0.25, 0.3) is 5.69 Å². The van der Waals surface area contributed by atoms with Crippen molar-refractivity contribution in [3.05, 3.63) is 57.4 Å². The topological polar surface area (TPSA) is 69.2 Å². The Morgan fingerprint density at radius 1 is 1.25 bits per heavy atom. The highest BCUT2D eigenvalue weighted by Crippen LogP contribution is 2.31. The van der Waals surface area contributed by atoms with Crippen LogP contribution in [-0.4, -0.2) is 9.91 Å². The molecule has 0 aliphatic carbocycles. The molecule has 0 fully saturated rings. The summed E-state index contributed by atoms with van der Waals surface area (Å²) >= 11 is 5.93. The summed E-state index contributed by atoms with van der Waals surface area (Å²) in [6.45, 7) is 0. The van der Waals surface area contributed by atoms with E-state index in [1.54, 1.807) is 0 Å². The number of aromatic nitrogens is 1. The predicted octanol–water partition coefficient (Wildman–Crippen LogP) is 4.20. The average Bonchev–Trinajstić information content (AvgIpc) is 2.80. The van der Waals surface area contributed by atoms with Crippen molar-refractivity contribution >= 4 is 28.4 Å². The zero-order chi connectivity index (χ0) is 14.3. The van der Waals surface area contributed by atoms with Gasteiger partial charge in [-0.15, -0.1) is 0 Å². The minimum Gasteiger partial charge on any atom is -0.436 e. The van der Waals surface area contributed by atoms with Crippen LogP contribution < -0.4 is 0 Å². The maximum Gasteiger partial charge on any atom is 0.271 e. The molecular formula is C13H6ClFN2O3. The molecule has 100 valence electrons. The molecule has 0 N–H and O–H groups in total. The zero-order valence-electron chi connectivity index (χ0n) is 9.84. The molecule has 0 radical (unpaired) electrons. The van der Waals surface area contributed by atoms with Gasteiger partial charge >= 0.3 is 0 Å². The molecular weight excluding hydrogens is 287 g/mol. The molecule has 7 heteroatoms. The fourth-order valence-corrected chi connectivity index (χ4v) is 2.06. The monoisotopic (exact) mass is 292 g/mol. The third-order valence-corrected chi connectivity index (χ3v) is 3.06. The highest BCUT2D eigenvalue weighted by Gasteiger charge is 2.15. The summed E-state index contributed by atoms with van der Waals surface area (Å²) in [5, 5.41) is 10.9. The van der Waals surface area contributed by atoms with Gasteiger partial charge < -0.3 is 4.42 Å². The SMILES string of the molecule is O=[N+]([O-])c1ccc2oc(-c3ccc(F)cc3Cl)nc2c1. The van der Waals surface area contributed by atoms with Crippen molar-refractivity contribution in [2.75, 3.05) is 0 Å². The van der Waals surface area contributed by atoms with E-state index in [9.17, 15) is 14.5 Å². The quantitative estimate of drug-likeness (QED) is 0.524. The van der Waals surface area contributed by atoms with Crippen molar-refractivity contribution in [2.24, 2.45) is 0 Å². The largest absolute Gasteiger partial charge is 0.436 e. The van der Waals surface area contributed by atoms with Crippen molar-refractivity contribution in [1.29, 1.82) is 0 Å². The van der Waals surface area contributed by atoms with Crippen LogP contribution in [0.1, 0.15) is 0 Å². The van der Waals surface area contributed by atoms with Crippen molar-refractivity contribution in [3.8, 4) is 11.5 Å². The number of hydrogen-bond donors (Lipinski definition) is 0. The van der Waals surface area contributed by atoms with E-state index in [2.05, 4.69) is 4.98 Å².